The van der Waals surface area contributed by atoms with E-state index in [4.69, 9.17) is 0 Å². The number of aromatic nitrogens is 1. The number of carbonyl (C=O) groups excluding carboxylic acids is 2. The maximum Gasteiger partial charge on any atom is 0.309 e. The summed E-state index contributed by atoms with van der Waals surface area (Å²) in [6.45, 7) is 2.90. The van der Waals surface area contributed by atoms with E-state index in [1.54, 1.807) is 6.07 Å². The Morgan fingerprint density at radius 2 is 1.80 bits per heavy atom. The molecule has 9 heteroatoms. The summed E-state index contributed by atoms with van der Waals surface area (Å²) in [7, 11) is -3.55. The highest BCUT2D eigenvalue weighted by Gasteiger charge is 2.30. The van der Waals surface area contributed by atoms with Crippen LogP contribution in [0.4, 0.5) is 0 Å². The Labute approximate surface area is 176 Å². The van der Waals surface area contributed by atoms with Gasteiger partial charge in [-0.15, -0.1) is 0 Å². The van der Waals surface area contributed by atoms with Crippen LogP contribution in [0, 0.1) is 5.92 Å². The third kappa shape index (κ3) is 5.43. The molecule has 2 aromatic rings. The van der Waals surface area contributed by atoms with Gasteiger partial charge in [0.25, 0.3) is 0 Å². The van der Waals surface area contributed by atoms with Gasteiger partial charge in [0.15, 0.2) is 0 Å². The zero-order valence-electron chi connectivity index (χ0n) is 16.8. The summed E-state index contributed by atoms with van der Waals surface area (Å²) in [5.74, 6) is -1.24. The molecule has 0 aliphatic carbocycles. The highest BCUT2D eigenvalue weighted by Crippen LogP contribution is 2.23. The number of hydrogen-bond donors (Lipinski definition) is 2. The van der Waals surface area contributed by atoms with Gasteiger partial charge in [-0.05, 0) is 43.4 Å². The predicted octanol–water partition coefficient (Wildman–Crippen LogP) is 1.48. The van der Waals surface area contributed by atoms with Gasteiger partial charge in [-0.2, -0.15) is 4.31 Å². The smallest absolute Gasteiger partial charge is 0.309 e. The fourth-order valence-corrected chi connectivity index (χ4v) is 4.84. The van der Waals surface area contributed by atoms with Crippen molar-refractivity contribution in [2.45, 2.75) is 30.7 Å². The van der Waals surface area contributed by atoms with E-state index < -0.39 is 21.8 Å². The number of benzene rings is 1. The molecule has 1 aromatic heterocycles. The molecule has 0 saturated carbocycles. The highest BCUT2D eigenvalue weighted by atomic mass is 32.2. The van der Waals surface area contributed by atoms with E-state index in [0.717, 1.165) is 5.56 Å². The number of carbonyl (C=O) groups is 2. The van der Waals surface area contributed by atoms with E-state index in [1.807, 2.05) is 37.3 Å². The van der Waals surface area contributed by atoms with Crippen LogP contribution in [0.5, 0.6) is 0 Å². The number of hydrogen-bond acceptors (Lipinski definition) is 5. The largest absolute Gasteiger partial charge is 0.348 e. The molecule has 1 unspecified atom stereocenters. The second-order valence-corrected chi connectivity index (χ2v) is 9.29. The van der Waals surface area contributed by atoms with Crippen LogP contribution < -0.4 is 10.6 Å². The molecule has 1 fully saturated rings. The van der Waals surface area contributed by atoms with Crippen LogP contribution >= 0.6 is 0 Å². The zero-order valence-corrected chi connectivity index (χ0v) is 17.6. The lowest BCUT2D eigenvalue weighted by molar-refractivity contribution is -0.139. The molecule has 160 valence electrons. The topological polar surface area (TPSA) is 108 Å². The molecule has 8 nitrogen and oxygen atoms in total. The standard InChI is InChI=1S/C21H26N4O4S/c1-16(18-6-3-2-4-7-18)24-21(27)20(26)23-14-17-9-12-25(13-10-17)30(28,29)19-8-5-11-22-15-19/h2-8,11,15-17H,9-10,12-14H2,1H3,(H,23,26)(H,24,27). The minimum absolute atomic E-state index is 0.119. The Morgan fingerprint density at radius 3 is 2.43 bits per heavy atom. The van der Waals surface area contributed by atoms with Crippen molar-refractivity contribution < 1.29 is 18.0 Å². The lowest BCUT2D eigenvalue weighted by Gasteiger charge is -2.31. The number of nitrogens with one attached hydrogen (secondary N) is 2. The van der Waals surface area contributed by atoms with Crippen LogP contribution in [-0.4, -0.2) is 49.2 Å². The number of piperidine rings is 1. The van der Waals surface area contributed by atoms with Crippen molar-refractivity contribution in [1.29, 1.82) is 0 Å². The SMILES string of the molecule is CC(NC(=O)C(=O)NCC1CCN(S(=O)(=O)c2cccnc2)CC1)c1ccccc1. The predicted molar refractivity (Wildman–Crippen MR) is 112 cm³/mol. The minimum atomic E-state index is -3.55. The molecule has 30 heavy (non-hydrogen) atoms. The van der Waals surface area contributed by atoms with Gasteiger partial charge in [0.1, 0.15) is 4.90 Å². The van der Waals surface area contributed by atoms with Gasteiger partial charge in [0, 0.05) is 32.0 Å². The number of pyridine rings is 1. The fourth-order valence-electron chi connectivity index (χ4n) is 3.41. The molecule has 1 aliphatic heterocycles. The molecule has 3 rings (SSSR count). The van der Waals surface area contributed by atoms with Crippen LogP contribution in [-0.2, 0) is 19.6 Å². The third-order valence-corrected chi connectivity index (χ3v) is 7.13. The van der Waals surface area contributed by atoms with Crippen molar-refractivity contribution in [2.24, 2.45) is 5.92 Å². The molecule has 0 radical (unpaired) electrons. The Bertz CT molecular complexity index is 959. The Kier molecular flexibility index (Phi) is 7.17. The number of nitrogens with zero attached hydrogens (tertiary/aromatic N) is 2. The lowest BCUT2D eigenvalue weighted by Crippen LogP contribution is -2.45. The Balaban J connectivity index is 1.44. The van der Waals surface area contributed by atoms with E-state index in [1.165, 1.54) is 22.8 Å². The molecule has 2 amide bonds. The van der Waals surface area contributed by atoms with Crippen LogP contribution in [0.15, 0.2) is 59.8 Å². The summed E-state index contributed by atoms with van der Waals surface area (Å²) in [6, 6.07) is 12.3. The van der Waals surface area contributed by atoms with Gasteiger partial charge >= 0.3 is 11.8 Å². The van der Waals surface area contributed by atoms with Gasteiger partial charge in [0.2, 0.25) is 10.0 Å². The molecular formula is C21H26N4O4S. The first-order chi connectivity index (χ1) is 14.4. The van der Waals surface area contributed by atoms with Crippen molar-refractivity contribution in [3.8, 4) is 0 Å². The molecule has 1 aliphatic rings. The van der Waals surface area contributed by atoms with Gasteiger partial charge < -0.3 is 10.6 Å². The monoisotopic (exact) mass is 430 g/mol. The van der Waals surface area contributed by atoms with Crippen LogP contribution in [0.1, 0.15) is 31.4 Å². The Hall–Kier alpha value is -2.78. The van der Waals surface area contributed by atoms with Gasteiger partial charge in [-0.25, -0.2) is 8.42 Å². The maximum absolute atomic E-state index is 12.6. The number of sulfonamides is 1. The normalized spacial score (nSPS) is 16.6. The van der Waals surface area contributed by atoms with Gasteiger partial charge in [-0.1, -0.05) is 30.3 Å². The van der Waals surface area contributed by atoms with E-state index in [2.05, 4.69) is 15.6 Å². The molecule has 0 bridgehead atoms. The van der Waals surface area contributed by atoms with Crippen molar-refractivity contribution in [3.63, 3.8) is 0 Å². The molecule has 1 aromatic carbocycles. The molecular weight excluding hydrogens is 404 g/mol. The first-order valence-electron chi connectivity index (χ1n) is 9.91. The molecule has 2 heterocycles. The van der Waals surface area contributed by atoms with E-state index in [-0.39, 0.29) is 16.9 Å². The summed E-state index contributed by atoms with van der Waals surface area (Å²) in [4.78, 5) is 28.3. The minimum Gasteiger partial charge on any atom is -0.348 e. The third-order valence-electron chi connectivity index (χ3n) is 5.25. The summed E-state index contributed by atoms with van der Waals surface area (Å²) in [5.41, 5.74) is 0.917. The van der Waals surface area contributed by atoms with Crippen molar-refractivity contribution >= 4 is 21.8 Å². The number of rotatable bonds is 6. The lowest BCUT2D eigenvalue weighted by atomic mass is 9.98. The molecule has 0 spiro atoms. The second kappa shape index (κ2) is 9.82. The van der Waals surface area contributed by atoms with Crippen molar-refractivity contribution in [2.75, 3.05) is 19.6 Å². The van der Waals surface area contributed by atoms with E-state index in [9.17, 15) is 18.0 Å². The van der Waals surface area contributed by atoms with Crippen molar-refractivity contribution in [1.82, 2.24) is 19.9 Å². The van der Waals surface area contributed by atoms with Crippen LogP contribution in [0.3, 0.4) is 0 Å². The molecule has 1 saturated heterocycles. The maximum atomic E-state index is 12.6. The van der Waals surface area contributed by atoms with Crippen LogP contribution in [0.25, 0.3) is 0 Å². The average Bonchev–Trinajstić information content (AvgIpc) is 2.78. The first-order valence-corrected chi connectivity index (χ1v) is 11.4. The number of amides is 2. The summed E-state index contributed by atoms with van der Waals surface area (Å²) < 4.78 is 26.7. The quantitative estimate of drug-likeness (QED) is 0.675. The van der Waals surface area contributed by atoms with E-state index >= 15 is 0 Å². The van der Waals surface area contributed by atoms with Crippen molar-refractivity contribution in [3.05, 3.63) is 60.4 Å². The fraction of sp³-hybridized carbons (Fsp3) is 0.381. The van der Waals surface area contributed by atoms with E-state index in [0.29, 0.717) is 32.5 Å². The summed E-state index contributed by atoms with van der Waals surface area (Å²) in [5, 5.41) is 5.35. The molecule has 2 N–H and O–H groups in total. The highest BCUT2D eigenvalue weighted by molar-refractivity contribution is 7.89. The summed E-state index contributed by atoms with van der Waals surface area (Å²) in [6.07, 6.45) is 4.10. The molecule has 1 atom stereocenters. The summed E-state index contributed by atoms with van der Waals surface area (Å²) >= 11 is 0. The Morgan fingerprint density at radius 1 is 1.10 bits per heavy atom. The average molecular weight is 431 g/mol. The zero-order chi connectivity index (χ0) is 21.6. The van der Waals surface area contributed by atoms with Gasteiger partial charge in [0.05, 0.1) is 6.04 Å². The second-order valence-electron chi connectivity index (χ2n) is 7.35. The van der Waals surface area contributed by atoms with Gasteiger partial charge in [-0.3, -0.25) is 14.6 Å². The van der Waals surface area contributed by atoms with Crippen LogP contribution in [0.2, 0.25) is 0 Å². The first kappa shape index (κ1) is 21.9.